The zero-order chi connectivity index (χ0) is 45.7. The second-order valence-electron chi connectivity index (χ2n) is 18.0. The van der Waals surface area contributed by atoms with Crippen LogP contribution in [0.4, 0.5) is 0 Å². The second-order valence-corrected chi connectivity index (χ2v) is 18.5. The molecular weight excluding hydrogens is 790 g/mol. The van der Waals surface area contributed by atoms with E-state index in [9.17, 15) is 29.7 Å². The van der Waals surface area contributed by atoms with E-state index in [0.29, 0.717) is 58.9 Å². The molecule has 0 aliphatic carbocycles. The summed E-state index contributed by atoms with van der Waals surface area (Å²) in [4.78, 5) is 55.7. The van der Waals surface area contributed by atoms with Crippen LogP contribution in [0.15, 0.2) is 70.3 Å². The minimum absolute atomic E-state index is 0.0314. The predicted octanol–water partition coefficient (Wildman–Crippen LogP) is 8.51. The van der Waals surface area contributed by atoms with Crippen molar-refractivity contribution >= 4 is 45.0 Å². The van der Waals surface area contributed by atoms with Crippen LogP contribution < -0.4 is 17.1 Å². The number of aryl methyl sites for hydroxylation is 2. The number of Topliss-reactive ketones (excluding diaryl/α,β-unsaturated/α-hetero) is 1. The summed E-state index contributed by atoms with van der Waals surface area (Å²) in [6.07, 6.45) is 0.446. The van der Waals surface area contributed by atoms with Gasteiger partial charge in [0.2, 0.25) is 5.24 Å². The Bertz CT molecular complexity index is 2810. The zero-order valence-corrected chi connectivity index (χ0v) is 38.0. The Balaban J connectivity index is 0.000000248. The first-order valence-corrected chi connectivity index (χ1v) is 20.4. The molecule has 0 amide bonds. The average Bonchev–Trinajstić information content (AvgIpc) is 3.54. The molecule has 4 heterocycles. The number of ketones is 1. The lowest BCUT2D eigenvalue weighted by molar-refractivity contribution is -0.117. The molecule has 13 nitrogen and oxygen atoms in total. The maximum atomic E-state index is 12.8. The third kappa shape index (κ3) is 11.6. The summed E-state index contributed by atoms with van der Waals surface area (Å²) in [6, 6.07) is 23.0. The summed E-state index contributed by atoms with van der Waals surface area (Å²) in [6.45, 7) is 20.5. The van der Waals surface area contributed by atoms with Crippen LogP contribution in [-0.2, 0) is 36.8 Å². The molecule has 0 unspecified atom stereocenters. The average molecular weight is 846 g/mol. The number of nitrogens with two attached hydrogens (primary N) is 1. The zero-order valence-electron chi connectivity index (χ0n) is 37.2. The minimum atomic E-state index is -0.361. The fourth-order valence-electron chi connectivity index (χ4n) is 6.98. The van der Waals surface area contributed by atoms with Crippen LogP contribution in [0.25, 0.3) is 44.8 Å². The number of hydrogen-bond donors (Lipinski definition) is 1. The van der Waals surface area contributed by atoms with Gasteiger partial charge in [-0.15, -0.1) is 0 Å². The molecule has 0 radical (unpaired) electrons. The van der Waals surface area contributed by atoms with Gasteiger partial charge in [-0.25, -0.2) is 19.6 Å². The molecule has 2 atom stereocenters. The van der Waals surface area contributed by atoms with Crippen molar-refractivity contribution in [2.75, 3.05) is 0 Å². The normalized spacial score (nSPS) is 12.4. The number of carbonyl (C=O) groups is 2. The van der Waals surface area contributed by atoms with Gasteiger partial charge in [0.15, 0.2) is 11.3 Å². The molecule has 61 heavy (non-hydrogen) atoms. The van der Waals surface area contributed by atoms with Crippen molar-refractivity contribution in [3.8, 4) is 34.7 Å². The fraction of sp³-hybridized carbons (Fsp3) is 0.404. The van der Waals surface area contributed by atoms with Crippen molar-refractivity contribution in [2.45, 2.75) is 101 Å². The second kappa shape index (κ2) is 19.1. The summed E-state index contributed by atoms with van der Waals surface area (Å²) in [5, 5.41) is 18.7. The van der Waals surface area contributed by atoms with Gasteiger partial charge in [0, 0.05) is 57.7 Å². The standard InChI is InChI=1S/C24H28N4O2.C21H25N5O.C2H3ClO/c1-15(11-16(2)29)17-7-8-18(13-25)19(12-17)20-9-10-21-22(26-20)27(6)23(30)28(21)14-24(3,4)5;1-13(23)14-6-7-15(11-22)16(10-14)17-8-9-18-19(24-17)25(5)20(27)26(18)12-21(2,3)4;1-2(3)4/h7-10,12,15H,11,14H2,1-6H3;6-10,13H,12,23H2,1-5H3;1H3/t15-;13-;/m01./s1. The van der Waals surface area contributed by atoms with Gasteiger partial charge in [0.1, 0.15) is 5.78 Å². The van der Waals surface area contributed by atoms with Gasteiger partial charge >= 0.3 is 11.4 Å². The number of carbonyl (C=O) groups excluding carboxylic acids is 2. The van der Waals surface area contributed by atoms with E-state index in [1.807, 2.05) is 62.4 Å². The molecule has 6 aromatic rings. The molecule has 0 spiro atoms. The number of benzene rings is 2. The Kier molecular flexibility index (Phi) is 14.8. The summed E-state index contributed by atoms with van der Waals surface area (Å²) in [7, 11) is 3.45. The number of rotatable bonds is 8. The summed E-state index contributed by atoms with van der Waals surface area (Å²) in [5.74, 6) is 0.179. The lowest BCUT2D eigenvalue weighted by Gasteiger charge is -2.18. The lowest BCUT2D eigenvalue weighted by Crippen LogP contribution is -2.27. The predicted molar refractivity (Wildman–Crippen MR) is 242 cm³/mol. The van der Waals surface area contributed by atoms with E-state index in [4.69, 9.17) is 15.7 Å². The van der Waals surface area contributed by atoms with Crippen LogP contribution in [0.1, 0.15) is 110 Å². The van der Waals surface area contributed by atoms with Crippen LogP contribution >= 0.6 is 11.6 Å². The third-order valence-corrected chi connectivity index (χ3v) is 9.80. The SMILES string of the molecule is CC(=O)C[C@H](C)c1ccc(C#N)c(-c2ccc3c(n2)n(C)c(=O)n3CC(C)(C)C)c1.CC(=O)Cl.C[C@@H](N)c1ccc(C#N)c(-c2ccc3c(n2)n(C)c(=O)n3CC(C)(C)C)c1. The van der Waals surface area contributed by atoms with Crippen molar-refractivity contribution in [2.24, 2.45) is 30.7 Å². The maximum Gasteiger partial charge on any atom is 0.330 e. The highest BCUT2D eigenvalue weighted by atomic mass is 35.5. The van der Waals surface area contributed by atoms with Crippen LogP contribution in [0.5, 0.6) is 0 Å². The van der Waals surface area contributed by atoms with E-state index in [2.05, 4.69) is 65.3 Å². The summed E-state index contributed by atoms with van der Waals surface area (Å²) >= 11 is 4.64. The molecule has 2 N–H and O–H groups in total. The summed E-state index contributed by atoms with van der Waals surface area (Å²) < 4.78 is 6.63. The molecule has 0 aliphatic rings. The molecule has 320 valence electrons. The molecule has 4 aromatic heterocycles. The number of halogens is 1. The van der Waals surface area contributed by atoms with E-state index in [-0.39, 0.29) is 45.2 Å². The lowest BCUT2D eigenvalue weighted by atomic mass is 9.92. The first-order valence-electron chi connectivity index (χ1n) is 20.0. The molecule has 2 aromatic carbocycles. The van der Waals surface area contributed by atoms with Gasteiger partial charge in [0.05, 0.1) is 45.7 Å². The van der Waals surface area contributed by atoms with Crippen molar-refractivity contribution in [3.63, 3.8) is 0 Å². The number of nitrogens with zero attached hydrogens (tertiary/aromatic N) is 8. The van der Waals surface area contributed by atoms with E-state index in [1.165, 1.54) is 6.92 Å². The monoisotopic (exact) mass is 845 g/mol. The largest absolute Gasteiger partial charge is 0.330 e. The topological polar surface area (TPSA) is 187 Å². The molecule has 0 saturated carbocycles. The van der Waals surface area contributed by atoms with Gasteiger partial charge in [-0.1, -0.05) is 60.6 Å². The molecule has 6 rings (SSSR count). The number of imidazole rings is 2. The molecule has 0 bridgehead atoms. The van der Waals surface area contributed by atoms with E-state index < -0.39 is 0 Å². The molecule has 0 saturated heterocycles. The van der Waals surface area contributed by atoms with Crippen LogP contribution in [0.3, 0.4) is 0 Å². The number of nitriles is 2. The number of aromatic nitrogens is 6. The van der Waals surface area contributed by atoms with Crippen molar-refractivity contribution in [1.82, 2.24) is 28.2 Å². The molecule has 0 aliphatic heterocycles. The quantitative estimate of drug-likeness (QED) is 0.147. The smallest absolute Gasteiger partial charge is 0.324 e. The molecule has 0 fully saturated rings. The number of hydrogen-bond acceptors (Lipinski definition) is 9. The molecular formula is C47H56ClN9O4. The first-order chi connectivity index (χ1) is 28.4. The number of pyridine rings is 2. The Labute approximate surface area is 362 Å². The van der Waals surface area contributed by atoms with Crippen LogP contribution in [-0.4, -0.2) is 39.3 Å². The van der Waals surface area contributed by atoms with Crippen LogP contribution in [0, 0.1) is 33.5 Å². The third-order valence-electron chi connectivity index (χ3n) is 9.80. The Morgan fingerprint density at radius 2 is 1.08 bits per heavy atom. The van der Waals surface area contributed by atoms with Gasteiger partial charge in [0.25, 0.3) is 0 Å². The van der Waals surface area contributed by atoms with E-state index >= 15 is 0 Å². The Hall–Kier alpha value is -6.15. The summed E-state index contributed by atoms with van der Waals surface area (Å²) in [5.41, 5.74) is 14.2. The van der Waals surface area contributed by atoms with Gasteiger partial charge in [-0.2, -0.15) is 10.5 Å². The highest BCUT2D eigenvalue weighted by molar-refractivity contribution is 6.62. The highest BCUT2D eigenvalue weighted by Gasteiger charge is 2.22. The van der Waals surface area contributed by atoms with Crippen LogP contribution in [0.2, 0.25) is 0 Å². The van der Waals surface area contributed by atoms with E-state index in [1.54, 1.807) is 51.4 Å². The van der Waals surface area contributed by atoms with E-state index in [0.717, 1.165) is 27.7 Å². The maximum absolute atomic E-state index is 12.8. The van der Waals surface area contributed by atoms with Gasteiger partial charge < -0.3 is 10.5 Å². The van der Waals surface area contributed by atoms with Gasteiger partial charge in [-0.05, 0) is 102 Å². The van der Waals surface area contributed by atoms with Crippen molar-refractivity contribution in [3.05, 3.63) is 104 Å². The minimum Gasteiger partial charge on any atom is -0.324 e. The molecule has 14 heteroatoms. The van der Waals surface area contributed by atoms with Crippen molar-refractivity contribution in [1.29, 1.82) is 10.5 Å². The highest BCUT2D eigenvalue weighted by Crippen LogP contribution is 2.31. The fourth-order valence-corrected chi connectivity index (χ4v) is 6.98. The Morgan fingerprint density at radius 1 is 0.705 bits per heavy atom. The Morgan fingerprint density at radius 3 is 1.43 bits per heavy atom. The van der Waals surface area contributed by atoms with Gasteiger partial charge in [-0.3, -0.25) is 23.1 Å². The van der Waals surface area contributed by atoms with Crippen molar-refractivity contribution < 1.29 is 9.59 Å². The number of fused-ring (bicyclic) bond motifs is 2. The first kappa shape index (κ1) is 47.5.